The summed E-state index contributed by atoms with van der Waals surface area (Å²) in [6.07, 6.45) is -3.02. The van der Waals surface area contributed by atoms with Gasteiger partial charge in [0.1, 0.15) is 5.76 Å². The van der Waals surface area contributed by atoms with Gasteiger partial charge in [-0.3, -0.25) is 14.4 Å². The second-order valence-electron chi connectivity index (χ2n) is 9.20. The highest BCUT2D eigenvalue weighted by Crippen LogP contribution is 2.34. The summed E-state index contributed by atoms with van der Waals surface area (Å²) in [5, 5.41) is 5.26. The minimum absolute atomic E-state index is 0.000386. The molecule has 1 fully saturated rings. The molecular weight excluding hydrogens is 499 g/mol. The van der Waals surface area contributed by atoms with Crippen LogP contribution in [0.4, 0.5) is 18.9 Å². The van der Waals surface area contributed by atoms with E-state index in [4.69, 9.17) is 0 Å². The van der Waals surface area contributed by atoms with Crippen LogP contribution in [0.5, 0.6) is 0 Å². The zero-order chi connectivity index (χ0) is 27.3. The highest BCUT2D eigenvalue weighted by atomic mass is 19.4. The van der Waals surface area contributed by atoms with Crippen LogP contribution in [0.2, 0.25) is 0 Å². The number of carbonyl (C=O) groups excluding carboxylic acids is 3. The molecule has 0 unspecified atom stereocenters. The monoisotopic (exact) mass is 527 g/mol. The third-order valence-corrected chi connectivity index (χ3v) is 6.51. The smallest absolute Gasteiger partial charge is 0.450 e. The second kappa shape index (κ2) is 11.5. The van der Waals surface area contributed by atoms with Gasteiger partial charge in [-0.1, -0.05) is 30.3 Å². The highest BCUT2D eigenvalue weighted by molar-refractivity contribution is 6.05. The molecule has 0 aliphatic carbocycles. The van der Waals surface area contributed by atoms with Crippen LogP contribution in [0.1, 0.15) is 63.0 Å². The number of likely N-dealkylation sites (tertiary alicyclic amines) is 1. The van der Waals surface area contributed by atoms with E-state index < -0.39 is 23.4 Å². The van der Waals surface area contributed by atoms with E-state index in [1.807, 2.05) is 18.2 Å². The molecule has 2 heterocycles. The molecule has 3 aromatic rings. The predicted molar refractivity (Wildman–Crippen MR) is 135 cm³/mol. The van der Waals surface area contributed by atoms with Gasteiger partial charge in [-0.15, -0.1) is 0 Å². The summed E-state index contributed by atoms with van der Waals surface area (Å²) in [5.41, 5.74) is 1.39. The molecule has 3 amide bonds. The molecular formula is C28H28F3N3O4. The molecule has 0 radical (unpaired) electrons. The van der Waals surface area contributed by atoms with Crippen LogP contribution < -0.4 is 10.6 Å². The number of hydrogen-bond donors (Lipinski definition) is 2. The Labute approximate surface area is 218 Å². The summed E-state index contributed by atoms with van der Waals surface area (Å²) in [4.78, 5) is 38.9. The van der Waals surface area contributed by atoms with Crippen LogP contribution in [0, 0.1) is 6.92 Å². The minimum Gasteiger partial charge on any atom is -0.456 e. The Morgan fingerprint density at radius 1 is 0.974 bits per heavy atom. The number of hydrogen-bond acceptors (Lipinski definition) is 4. The normalized spacial score (nSPS) is 14.3. The largest absolute Gasteiger partial charge is 0.456 e. The third-order valence-electron chi connectivity index (χ3n) is 6.51. The quantitative estimate of drug-likeness (QED) is 0.431. The molecule has 1 aliphatic heterocycles. The third kappa shape index (κ3) is 6.62. The van der Waals surface area contributed by atoms with Crippen molar-refractivity contribution in [3.05, 3.63) is 88.9 Å². The van der Waals surface area contributed by atoms with Crippen molar-refractivity contribution in [2.75, 3.05) is 25.0 Å². The van der Waals surface area contributed by atoms with E-state index in [0.29, 0.717) is 24.3 Å². The van der Waals surface area contributed by atoms with E-state index in [1.165, 1.54) is 6.92 Å². The van der Waals surface area contributed by atoms with Crippen LogP contribution in [0.3, 0.4) is 0 Å². The van der Waals surface area contributed by atoms with Crippen molar-refractivity contribution in [1.29, 1.82) is 0 Å². The van der Waals surface area contributed by atoms with Gasteiger partial charge in [0.25, 0.3) is 11.8 Å². The molecule has 0 bridgehead atoms. The molecule has 0 saturated carbocycles. The molecule has 2 N–H and O–H groups in total. The molecule has 2 aromatic carbocycles. The molecule has 38 heavy (non-hydrogen) atoms. The van der Waals surface area contributed by atoms with Crippen molar-refractivity contribution in [3.63, 3.8) is 0 Å². The topological polar surface area (TPSA) is 91.7 Å². The number of halogens is 3. The van der Waals surface area contributed by atoms with Gasteiger partial charge in [0.15, 0.2) is 0 Å². The molecule has 10 heteroatoms. The maximum Gasteiger partial charge on any atom is 0.450 e. The maximum absolute atomic E-state index is 13.1. The van der Waals surface area contributed by atoms with Gasteiger partial charge in [-0.25, -0.2) is 0 Å². The predicted octanol–water partition coefficient (Wildman–Crippen LogP) is 5.39. The second-order valence-corrected chi connectivity index (χ2v) is 9.20. The number of rotatable bonds is 7. The number of carbonyl (C=O) groups is 3. The Morgan fingerprint density at radius 2 is 1.63 bits per heavy atom. The maximum atomic E-state index is 13.1. The van der Waals surface area contributed by atoms with E-state index in [9.17, 15) is 27.6 Å². The first-order valence-corrected chi connectivity index (χ1v) is 12.3. The summed E-state index contributed by atoms with van der Waals surface area (Å²) in [7, 11) is 0. The van der Waals surface area contributed by atoms with Crippen molar-refractivity contribution in [2.45, 2.75) is 38.3 Å². The van der Waals surface area contributed by atoms with Crippen LogP contribution in [0.15, 0.2) is 65.1 Å². The lowest BCUT2D eigenvalue weighted by Crippen LogP contribution is -2.39. The van der Waals surface area contributed by atoms with Gasteiger partial charge in [0.05, 0.1) is 5.56 Å². The summed E-state index contributed by atoms with van der Waals surface area (Å²) >= 11 is 0. The van der Waals surface area contributed by atoms with Gasteiger partial charge < -0.3 is 20.0 Å². The van der Waals surface area contributed by atoms with Crippen molar-refractivity contribution in [3.8, 4) is 0 Å². The fourth-order valence-corrected chi connectivity index (χ4v) is 4.53. The molecule has 0 spiro atoms. The standard InChI is InChI=1S/C28H28F3N3O4/c1-18-17-23(25(38-18)28(29,30)31)27(37)33-22-9-7-19(8-10-22)20-12-15-34(16-13-20)24(35)11-14-32-26(36)21-5-3-2-4-6-21/h2-10,17,20H,11-16H2,1H3,(H,32,36)(H,33,37). The molecule has 0 atom stereocenters. The number of anilines is 1. The lowest BCUT2D eigenvalue weighted by molar-refractivity contribution is -0.153. The summed E-state index contributed by atoms with van der Waals surface area (Å²) in [5.74, 6) is -2.22. The number of aryl methyl sites for hydroxylation is 1. The SMILES string of the molecule is Cc1cc(C(=O)Nc2ccc(C3CCN(C(=O)CCNC(=O)c4ccccc4)CC3)cc2)c(C(F)(F)F)o1. The average molecular weight is 528 g/mol. The summed E-state index contributed by atoms with van der Waals surface area (Å²) < 4.78 is 44.1. The Balaban J connectivity index is 1.24. The number of nitrogens with zero attached hydrogens (tertiary/aromatic N) is 1. The lowest BCUT2D eigenvalue weighted by atomic mass is 9.89. The van der Waals surface area contributed by atoms with Crippen LogP contribution in [0.25, 0.3) is 0 Å². The van der Waals surface area contributed by atoms with E-state index in [2.05, 4.69) is 15.1 Å². The number of piperidine rings is 1. The van der Waals surface area contributed by atoms with E-state index in [1.54, 1.807) is 41.3 Å². The Hall–Kier alpha value is -4.08. The Kier molecular flexibility index (Phi) is 8.19. The first-order chi connectivity index (χ1) is 18.1. The van der Waals surface area contributed by atoms with Crippen LogP contribution in [-0.4, -0.2) is 42.3 Å². The number of nitrogens with one attached hydrogen (secondary N) is 2. The van der Waals surface area contributed by atoms with Gasteiger partial charge in [-0.2, -0.15) is 13.2 Å². The molecule has 4 rings (SSSR count). The Bertz CT molecular complexity index is 1280. The van der Waals surface area contributed by atoms with Crippen molar-refractivity contribution in [1.82, 2.24) is 10.2 Å². The number of alkyl halides is 3. The zero-order valence-corrected chi connectivity index (χ0v) is 20.8. The van der Waals surface area contributed by atoms with Crippen molar-refractivity contribution in [2.24, 2.45) is 0 Å². The first kappa shape index (κ1) is 27.0. The highest BCUT2D eigenvalue weighted by Gasteiger charge is 2.40. The fourth-order valence-electron chi connectivity index (χ4n) is 4.53. The van der Waals surface area contributed by atoms with E-state index in [0.717, 1.165) is 24.5 Å². The molecule has 7 nitrogen and oxygen atoms in total. The molecule has 200 valence electrons. The van der Waals surface area contributed by atoms with E-state index in [-0.39, 0.29) is 36.5 Å². The van der Waals surface area contributed by atoms with E-state index >= 15 is 0 Å². The minimum atomic E-state index is -4.77. The Morgan fingerprint density at radius 3 is 2.26 bits per heavy atom. The van der Waals surface area contributed by atoms with Crippen molar-refractivity contribution >= 4 is 23.4 Å². The first-order valence-electron chi connectivity index (χ1n) is 12.3. The van der Waals surface area contributed by atoms with Gasteiger partial charge in [0, 0.05) is 37.3 Å². The average Bonchev–Trinajstić information content (AvgIpc) is 3.32. The summed E-state index contributed by atoms with van der Waals surface area (Å²) in [6.45, 7) is 2.80. The zero-order valence-electron chi connectivity index (χ0n) is 20.8. The lowest BCUT2D eigenvalue weighted by Gasteiger charge is -2.32. The fraction of sp³-hybridized carbons (Fsp3) is 0.321. The molecule has 1 saturated heterocycles. The van der Waals surface area contributed by atoms with Gasteiger partial charge in [-0.05, 0) is 61.6 Å². The number of furan rings is 1. The van der Waals surface area contributed by atoms with Gasteiger partial charge in [0.2, 0.25) is 11.7 Å². The summed E-state index contributed by atoms with van der Waals surface area (Å²) in [6, 6.07) is 16.9. The molecule has 1 aromatic heterocycles. The number of amides is 3. The molecule has 1 aliphatic rings. The van der Waals surface area contributed by atoms with Gasteiger partial charge >= 0.3 is 6.18 Å². The van der Waals surface area contributed by atoms with Crippen LogP contribution >= 0.6 is 0 Å². The van der Waals surface area contributed by atoms with Crippen LogP contribution in [-0.2, 0) is 11.0 Å². The van der Waals surface area contributed by atoms with Crippen molar-refractivity contribution < 1.29 is 32.0 Å². The number of benzene rings is 2.